The van der Waals surface area contributed by atoms with E-state index in [4.69, 9.17) is 0 Å². The maximum atomic E-state index is 12.4. The Morgan fingerprint density at radius 1 is 0.917 bits per heavy atom. The molecule has 3 aromatic carbocycles. The summed E-state index contributed by atoms with van der Waals surface area (Å²) < 4.78 is 0. The first-order chi connectivity index (χ1) is 11.6. The van der Waals surface area contributed by atoms with Gasteiger partial charge in [0.25, 0.3) is 0 Å². The summed E-state index contributed by atoms with van der Waals surface area (Å²) in [5, 5.41) is 5.60. The maximum Gasteiger partial charge on any atom is 0.164 e. The molecule has 3 aromatic rings. The molecule has 0 saturated carbocycles. The van der Waals surface area contributed by atoms with Crippen LogP contribution in [0.2, 0.25) is 0 Å². The van der Waals surface area contributed by atoms with Crippen LogP contribution in [0.4, 0.5) is 5.69 Å². The van der Waals surface area contributed by atoms with E-state index in [9.17, 15) is 4.79 Å². The number of benzene rings is 3. The zero-order valence-corrected chi connectivity index (χ0v) is 14.3. The quantitative estimate of drug-likeness (QED) is 0.595. The number of nitrogens with one attached hydrogen (secondary N) is 1. The smallest absolute Gasteiger partial charge is 0.164 e. The van der Waals surface area contributed by atoms with Crippen LogP contribution >= 0.6 is 0 Å². The number of fused-ring (bicyclic) bond motifs is 1. The van der Waals surface area contributed by atoms with Crippen LogP contribution < -0.4 is 5.32 Å². The fourth-order valence-corrected chi connectivity index (χ4v) is 2.81. The average molecular weight is 317 g/mol. The summed E-state index contributed by atoms with van der Waals surface area (Å²) in [5.74, 6) is 0.709. The fourth-order valence-electron chi connectivity index (χ4n) is 2.81. The molecule has 0 saturated heterocycles. The number of carbonyl (C=O) groups excluding carboxylic acids is 1. The van der Waals surface area contributed by atoms with Crippen molar-refractivity contribution in [3.63, 3.8) is 0 Å². The molecule has 0 bridgehead atoms. The number of ketones is 1. The molecule has 24 heavy (non-hydrogen) atoms. The van der Waals surface area contributed by atoms with Crippen LogP contribution in [0.25, 0.3) is 10.8 Å². The molecular weight excluding hydrogens is 294 g/mol. The Morgan fingerprint density at radius 3 is 2.33 bits per heavy atom. The summed E-state index contributed by atoms with van der Waals surface area (Å²) in [6.07, 6.45) is 0.490. The first-order valence-electron chi connectivity index (χ1n) is 8.49. The second-order valence-electron chi connectivity index (χ2n) is 6.44. The first-order valence-corrected chi connectivity index (χ1v) is 8.49. The van der Waals surface area contributed by atoms with Crippen molar-refractivity contribution < 1.29 is 4.79 Å². The van der Waals surface area contributed by atoms with Gasteiger partial charge in [-0.25, -0.2) is 0 Å². The largest absolute Gasteiger partial charge is 0.385 e. The standard InChI is InChI=1S/C22H23NO/c1-16(2)17-9-11-21(12-10-17)23-14-13-22(24)20-8-7-18-5-3-4-6-19(18)15-20/h3-12,15-16,23H,13-14H2,1-2H3. The van der Waals surface area contributed by atoms with Crippen molar-refractivity contribution in [2.45, 2.75) is 26.2 Å². The highest BCUT2D eigenvalue weighted by Gasteiger charge is 2.06. The summed E-state index contributed by atoms with van der Waals surface area (Å²) in [5.41, 5.74) is 3.17. The third-order valence-corrected chi connectivity index (χ3v) is 4.33. The number of hydrogen-bond donors (Lipinski definition) is 1. The molecule has 2 nitrogen and oxygen atoms in total. The number of Topliss-reactive ketones (excluding diaryl/α,β-unsaturated/α-hetero) is 1. The molecule has 0 heterocycles. The van der Waals surface area contributed by atoms with Gasteiger partial charge in [0.2, 0.25) is 0 Å². The van der Waals surface area contributed by atoms with Crippen LogP contribution in [0.1, 0.15) is 42.1 Å². The summed E-state index contributed by atoms with van der Waals surface area (Å²) in [6.45, 7) is 5.02. The van der Waals surface area contributed by atoms with Crippen LogP contribution in [-0.2, 0) is 0 Å². The van der Waals surface area contributed by atoms with E-state index in [1.54, 1.807) is 0 Å². The molecule has 1 N–H and O–H groups in total. The zero-order chi connectivity index (χ0) is 16.9. The van der Waals surface area contributed by atoms with E-state index >= 15 is 0 Å². The molecule has 0 aliphatic rings. The van der Waals surface area contributed by atoms with Crippen LogP contribution in [0, 0.1) is 0 Å². The molecule has 3 rings (SSSR count). The van der Waals surface area contributed by atoms with Crippen molar-refractivity contribution in [1.82, 2.24) is 0 Å². The van der Waals surface area contributed by atoms with E-state index in [-0.39, 0.29) is 5.78 Å². The van der Waals surface area contributed by atoms with Crippen LogP contribution in [0.5, 0.6) is 0 Å². The van der Waals surface area contributed by atoms with Gasteiger partial charge in [-0.1, -0.05) is 62.4 Å². The minimum atomic E-state index is 0.173. The molecule has 0 fully saturated rings. The predicted octanol–water partition coefficient (Wildman–Crippen LogP) is 5.65. The van der Waals surface area contributed by atoms with Gasteiger partial charge in [-0.15, -0.1) is 0 Å². The van der Waals surface area contributed by atoms with Gasteiger partial charge >= 0.3 is 0 Å². The Morgan fingerprint density at radius 2 is 1.62 bits per heavy atom. The van der Waals surface area contributed by atoms with Crippen LogP contribution in [0.3, 0.4) is 0 Å². The molecule has 0 aliphatic heterocycles. The van der Waals surface area contributed by atoms with Gasteiger partial charge < -0.3 is 5.32 Å². The van der Waals surface area contributed by atoms with Crippen LogP contribution in [0.15, 0.2) is 66.7 Å². The van der Waals surface area contributed by atoms with Crippen LogP contribution in [-0.4, -0.2) is 12.3 Å². The molecule has 0 atom stereocenters. The Balaban J connectivity index is 1.58. The molecule has 0 aromatic heterocycles. The van der Waals surface area contributed by atoms with Gasteiger partial charge in [0.1, 0.15) is 0 Å². The highest BCUT2D eigenvalue weighted by atomic mass is 16.1. The van der Waals surface area contributed by atoms with E-state index in [1.807, 2.05) is 36.4 Å². The van der Waals surface area contributed by atoms with Gasteiger partial charge in [0.15, 0.2) is 5.78 Å². The topological polar surface area (TPSA) is 29.1 Å². The van der Waals surface area contributed by atoms with Crippen molar-refractivity contribution >= 4 is 22.2 Å². The molecule has 0 amide bonds. The van der Waals surface area contributed by atoms with Gasteiger partial charge in [0, 0.05) is 24.2 Å². The third kappa shape index (κ3) is 3.83. The minimum absolute atomic E-state index is 0.173. The zero-order valence-electron chi connectivity index (χ0n) is 14.3. The lowest BCUT2D eigenvalue weighted by Gasteiger charge is -2.09. The van der Waals surface area contributed by atoms with E-state index in [1.165, 1.54) is 5.56 Å². The SMILES string of the molecule is CC(C)c1ccc(NCCC(=O)c2ccc3ccccc3c2)cc1. The number of rotatable bonds is 6. The second kappa shape index (κ2) is 7.31. The lowest BCUT2D eigenvalue weighted by molar-refractivity contribution is 0.0986. The summed E-state index contributed by atoms with van der Waals surface area (Å²) in [4.78, 5) is 12.4. The summed E-state index contributed by atoms with van der Waals surface area (Å²) in [7, 11) is 0. The first kappa shape index (κ1) is 16.3. The molecule has 0 radical (unpaired) electrons. The third-order valence-electron chi connectivity index (χ3n) is 4.33. The average Bonchev–Trinajstić information content (AvgIpc) is 2.61. The van der Waals surface area contributed by atoms with Crippen molar-refractivity contribution in [1.29, 1.82) is 0 Å². The van der Waals surface area contributed by atoms with E-state index in [0.717, 1.165) is 22.0 Å². The van der Waals surface area contributed by atoms with Crippen molar-refractivity contribution in [3.8, 4) is 0 Å². The normalized spacial score (nSPS) is 11.0. The van der Waals surface area contributed by atoms with E-state index < -0.39 is 0 Å². The molecule has 2 heteroatoms. The van der Waals surface area contributed by atoms with Gasteiger partial charge in [-0.2, -0.15) is 0 Å². The lowest BCUT2D eigenvalue weighted by Crippen LogP contribution is -2.09. The monoisotopic (exact) mass is 317 g/mol. The number of carbonyl (C=O) groups is 1. The van der Waals surface area contributed by atoms with Gasteiger partial charge in [-0.3, -0.25) is 4.79 Å². The molecule has 0 spiro atoms. The predicted molar refractivity (Wildman–Crippen MR) is 102 cm³/mol. The second-order valence-corrected chi connectivity index (χ2v) is 6.44. The molecular formula is C22H23NO. The highest BCUT2D eigenvalue weighted by molar-refractivity contribution is 6.00. The number of hydrogen-bond acceptors (Lipinski definition) is 2. The summed E-state index contributed by atoms with van der Waals surface area (Å²) >= 11 is 0. The Kier molecular flexibility index (Phi) is 4.95. The lowest BCUT2D eigenvalue weighted by atomic mass is 10.0. The van der Waals surface area contributed by atoms with E-state index in [2.05, 4.69) is 49.5 Å². The molecule has 122 valence electrons. The minimum Gasteiger partial charge on any atom is -0.385 e. The fraction of sp³-hybridized carbons (Fsp3) is 0.227. The Hall–Kier alpha value is -2.61. The van der Waals surface area contributed by atoms with Crippen molar-refractivity contribution in [2.75, 3.05) is 11.9 Å². The van der Waals surface area contributed by atoms with Crippen molar-refractivity contribution in [3.05, 3.63) is 77.9 Å². The maximum absolute atomic E-state index is 12.4. The highest BCUT2D eigenvalue weighted by Crippen LogP contribution is 2.18. The summed E-state index contributed by atoms with van der Waals surface area (Å²) in [6, 6.07) is 22.5. The Labute approximate surface area is 143 Å². The Bertz CT molecular complexity index is 834. The van der Waals surface area contributed by atoms with Gasteiger partial charge in [-0.05, 0) is 40.5 Å². The number of anilines is 1. The van der Waals surface area contributed by atoms with Gasteiger partial charge in [0.05, 0.1) is 0 Å². The van der Waals surface area contributed by atoms with Crippen molar-refractivity contribution in [2.24, 2.45) is 0 Å². The molecule has 0 aliphatic carbocycles. The molecule has 0 unspecified atom stereocenters. The van der Waals surface area contributed by atoms with E-state index in [0.29, 0.717) is 18.9 Å².